The highest BCUT2D eigenvalue weighted by Gasteiger charge is 2.20. The minimum Gasteiger partial charge on any atom is -0.497 e. The van der Waals surface area contributed by atoms with E-state index in [0.717, 1.165) is 24.6 Å². The van der Waals surface area contributed by atoms with Crippen molar-refractivity contribution in [3.63, 3.8) is 0 Å². The van der Waals surface area contributed by atoms with E-state index in [1.54, 1.807) is 14.0 Å². The highest BCUT2D eigenvalue weighted by atomic mass is 16.5. The zero-order valence-corrected chi connectivity index (χ0v) is 15.4. The molecule has 132 valence electrons. The molecule has 1 aliphatic rings. The lowest BCUT2D eigenvalue weighted by molar-refractivity contribution is 0.318. The third-order valence-electron chi connectivity index (χ3n) is 4.47. The quantitative estimate of drug-likeness (QED) is 0.672. The maximum absolute atomic E-state index is 7.57. The summed E-state index contributed by atoms with van der Waals surface area (Å²) in [6, 6.07) is 6.56. The van der Waals surface area contributed by atoms with Crippen LogP contribution in [-0.2, 0) is 6.42 Å². The van der Waals surface area contributed by atoms with Crippen molar-refractivity contribution in [3.05, 3.63) is 29.3 Å². The molecule has 1 aliphatic carbocycles. The molecular formula is C20H35NO2. The maximum Gasteiger partial charge on any atom is 0.119 e. The van der Waals surface area contributed by atoms with Crippen LogP contribution in [0.4, 0.5) is 0 Å². The second-order valence-corrected chi connectivity index (χ2v) is 6.28. The van der Waals surface area contributed by atoms with Crippen molar-refractivity contribution in [2.75, 3.05) is 26.8 Å². The van der Waals surface area contributed by atoms with Crippen molar-refractivity contribution < 1.29 is 9.84 Å². The third kappa shape index (κ3) is 7.36. The fourth-order valence-electron chi connectivity index (χ4n) is 2.89. The number of benzene rings is 1. The lowest BCUT2D eigenvalue weighted by Gasteiger charge is -2.20. The molecule has 3 nitrogen and oxygen atoms in total. The summed E-state index contributed by atoms with van der Waals surface area (Å²) in [5, 5.41) is 11.2. The van der Waals surface area contributed by atoms with E-state index in [1.165, 1.54) is 43.4 Å². The van der Waals surface area contributed by atoms with Crippen LogP contribution in [0.2, 0.25) is 0 Å². The van der Waals surface area contributed by atoms with Crippen LogP contribution in [0, 0.1) is 5.92 Å². The van der Waals surface area contributed by atoms with Gasteiger partial charge in [-0.05, 0) is 87.2 Å². The van der Waals surface area contributed by atoms with Crippen LogP contribution in [0.3, 0.4) is 0 Å². The number of aliphatic hydroxyl groups excluding tert-OH is 1. The zero-order valence-electron chi connectivity index (χ0n) is 15.4. The van der Waals surface area contributed by atoms with Gasteiger partial charge in [-0.3, -0.25) is 0 Å². The Balaban J connectivity index is 0.000000816. The van der Waals surface area contributed by atoms with E-state index in [-0.39, 0.29) is 6.61 Å². The molecule has 1 aromatic rings. The van der Waals surface area contributed by atoms with Crippen LogP contribution < -0.4 is 10.1 Å². The molecule has 1 aromatic carbocycles. The lowest BCUT2D eigenvalue weighted by atomic mass is 9.88. The molecule has 0 heterocycles. The van der Waals surface area contributed by atoms with Gasteiger partial charge in [-0.1, -0.05) is 19.9 Å². The van der Waals surface area contributed by atoms with E-state index in [0.29, 0.717) is 5.92 Å². The maximum atomic E-state index is 7.57. The summed E-state index contributed by atoms with van der Waals surface area (Å²) < 4.78 is 5.40. The highest BCUT2D eigenvalue weighted by Crippen LogP contribution is 2.30. The predicted molar refractivity (Wildman–Crippen MR) is 98.4 cm³/mol. The van der Waals surface area contributed by atoms with Crippen LogP contribution in [0.1, 0.15) is 63.5 Å². The van der Waals surface area contributed by atoms with Crippen LogP contribution in [0.5, 0.6) is 5.75 Å². The van der Waals surface area contributed by atoms with Crippen LogP contribution in [0.15, 0.2) is 18.2 Å². The summed E-state index contributed by atoms with van der Waals surface area (Å²) in [5.41, 5.74) is 2.96. The molecule has 0 saturated heterocycles. The van der Waals surface area contributed by atoms with Crippen LogP contribution >= 0.6 is 0 Å². The van der Waals surface area contributed by atoms with Crippen molar-refractivity contribution in [1.82, 2.24) is 5.32 Å². The summed E-state index contributed by atoms with van der Waals surface area (Å²) in [6.45, 7) is 8.82. The van der Waals surface area contributed by atoms with E-state index in [2.05, 4.69) is 37.4 Å². The van der Waals surface area contributed by atoms with Gasteiger partial charge in [-0.25, -0.2) is 0 Å². The molecule has 0 aromatic heterocycles. The molecule has 2 N–H and O–H groups in total. The summed E-state index contributed by atoms with van der Waals surface area (Å²) in [6.07, 6.45) is 6.39. The van der Waals surface area contributed by atoms with Gasteiger partial charge in [-0.2, -0.15) is 0 Å². The first kappa shape index (κ1) is 20.0. The van der Waals surface area contributed by atoms with E-state index < -0.39 is 0 Å². The Labute approximate surface area is 142 Å². The Hall–Kier alpha value is -1.06. The number of hydrogen-bond acceptors (Lipinski definition) is 3. The lowest BCUT2D eigenvalue weighted by Crippen LogP contribution is -2.20. The second-order valence-electron chi connectivity index (χ2n) is 6.28. The van der Waals surface area contributed by atoms with Gasteiger partial charge in [0.15, 0.2) is 0 Å². The van der Waals surface area contributed by atoms with Gasteiger partial charge >= 0.3 is 0 Å². The Morgan fingerprint density at radius 2 is 1.96 bits per heavy atom. The number of methoxy groups -OCH3 is 1. The van der Waals surface area contributed by atoms with Gasteiger partial charge < -0.3 is 15.2 Å². The molecule has 1 unspecified atom stereocenters. The van der Waals surface area contributed by atoms with Crippen molar-refractivity contribution in [3.8, 4) is 5.75 Å². The second kappa shape index (κ2) is 11.5. The van der Waals surface area contributed by atoms with Gasteiger partial charge in [-0.15, -0.1) is 0 Å². The van der Waals surface area contributed by atoms with Crippen LogP contribution in [0.25, 0.3) is 0 Å². The van der Waals surface area contributed by atoms with Gasteiger partial charge in [0, 0.05) is 6.61 Å². The van der Waals surface area contributed by atoms with E-state index in [1.807, 2.05) is 0 Å². The molecular weight excluding hydrogens is 286 g/mol. The number of hydrogen-bond donors (Lipinski definition) is 2. The van der Waals surface area contributed by atoms with Gasteiger partial charge in [0.25, 0.3) is 0 Å². The Morgan fingerprint density at radius 1 is 1.26 bits per heavy atom. The first-order valence-electron chi connectivity index (χ1n) is 9.18. The largest absolute Gasteiger partial charge is 0.497 e. The minimum atomic E-state index is 0.250. The van der Waals surface area contributed by atoms with Gasteiger partial charge in [0.2, 0.25) is 0 Å². The topological polar surface area (TPSA) is 41.5 Å². The molecule has 1 saturated carbocycles. The molecule has 0 bridgehead atoms. The number of aliphatic hydroxyl groups is 1. The molecule has 1 atom stereocenters. The number of rotatable bonds is 9. The average molecular weight is 322 g/mol. The summed E-state index contributed by atoms with van der Waals surface area (Å²) >= 11 is 0. The van der Waals surface area contributed by atoms with Crippen molar-refractivity contribution in [2.45, 2.75) is 58.8 Å². The van der Waals surface area contributed by atoms with Gasteiger partial charge in [0.1, 0.15) is 5.75 Å². The molecule has 0 spiro atoms. The first-order chi connectivity index (χ1) is 11.2. The van der Waals surface area contributed by atoms with E-state index in [4.69, 9.17) is 9.84 Å². The first-order valence-corrected chi connectivity index (χ1v) is 9.18. The summed E-state index contributed by atoms with van der Waals surface area (Å²) in [5.74, 6) is 2.60. The fourth-order valence-corrected chi connectivity index (χ4v) is 2.89. The van der Waals surface area contributed by atoms with Crippen molar-refractivity contribution in [1.29, 1.82) is 0 Å². The Kier molecular flexibility index (Phi) is 9.97. The monoisotopic (exact) mass is 321 g/mol. The van der Waals surface area contributed by atoms with Crippen molar-refractivity contribution in [2.24, 2.45) is 5.92 Å². The number of aryl methyl sites for hydroxylation is 1. The molecule has 2 rings (SSSR count). The number of nitrogens with one attached hydrogen (secondary N) is 1. The minimum absolute atomic E-state index is 0.250. The SMILES string of the molecule is CCO.CCc1ccc(OC)cc1C(CC)CCNCC1CC1. The smallest absolute Gasteiger partial charge is 0.119 e. The molecule has 0 aliphatic heterocycles. The highest BCUT2D eigenvalue weighted by molar-refractivity contribution is 5.38. The fraction of sp³-hybridized carbons (Fsp3) is 0.700. The third-order valence-corrected chi connectivity index (χ3v) is 4.47. The average Bonchev–Trinajstić information content (AvgIpc) is 3.39. The molecule has 0 radical (unpaired) electrons. The zero-order chi connectivity index (χ0) is 17.1. The van der Waals surface area contributed by atoms with E-state index in [9.17, 15) is 0 Å². The van der Waals surface area contributed by atoms with Crippen LogP contribution in [-0.4, -0.2) is 31.9 Å². The molecule has 3 heteroatoms. The Bertz CT molecular complexity index is 430. The molecule has 23 heavy (non-hydrogen) atoms. The van der Waals surface area contributed by atoms with Crippen molar-refractivity contribution >= 4 is 0 Å². The summed E-state index contributed by atoms with van der Waals surface area (Å²) in [7, 11) is 1.75. The predicted octanol–water partition coefficient (Wildman–Crippen LogP) is 4.14. The van der Waals surface area contributed by atoms with E-state index >= 15 is 0 Å². The normalized spacial score (nSPS) is 14.8. The number of ether oxygens (including phenoxy) is 1. The Morgan fingerprint density at radius 3 is 2.48 bits per heavy atom. The van der Waals surface area contributed by atoms with Gasteiger partial charge in [0.05, 0.1) is 7.11 Å². The standard InChI is InChI=1S/C18H29NO.C2H6O/c1-4-15-8-9-17(20-3)12-18(15)16(5-2)10-11-19-13-14-6-7-14;1-2-3/h8-9,12,14,16,19H,4-7,10-11,13H2,1-3H3;3H,2H2,1H3. The molecule has 0 amide bonds. The molecule has 1 fully saturated rings. The summed E-state index contributed by atoms with van der Waals surface area (Å²) in [4.78, 5) is 0.